The number of aryl methyl sites for hydroxylation is 1. The summed E-state index contributed by atoms with van der Waals surface area (Å²) in [5.41, 5.74) is 2.16. The third kappa shape index (κ3) is 5.76. The molecule has 0 bridgehead atoms. The summed E-state index contributed by atoms with van der Waals surface area (Å²) < 4.78 is 0. The fourth-order valence-corrected chi connectivity index (χ4v) is 2.07. The van der Waals surface area contributed by atoms with E-state index in [1.165, 1.54) is 17.7 Å². The molecule has 0 spiro atoms. The molecule has 5 nitrogen and oxygen atoms in total. The Bertz CT molecular complexity index is 513. The van der Waals surface area contributed by atoms with E-state index in [1.807, 2.05) is 13.0 Å². The largest absolute Gasteiger partial charge is 0.345 e. The summed E-state index contributed by atoms with van der Waals surface area (Å²) in [6.45, 7) is 4.73. The van der Waals surface area contributed by atoms with Gasteiger partial charge >= 0.3 is 6.03 Å². The van der Waals surface area contributed by atoms with E-state index in [0.29, 0.717) is 17.8 Å². The number of nitrogens with one attached hydrogen (secondary N) is 2. The molecule has 0 saturated heterocycles. The lowest BCUT2D eigenvalue weighted by Gasteiger charge is -2.14. The fourth-order valence-electron chi connectivity index (χ4n) is 2.07. The number of hydrogen-bond acceptors (Lipinski definition) is 2. The summed E-state index contributed by atoms with van der Waals surface area (Å²) in [7, 11) is 3.41. The number of unbranched alkanes of at least 4 members (excludes halogenated alkanes) is 3. The number of carbonyl (C=O) groups is 2. The molecule has 1 rings (SSSR count). The van der Waals surface area contributed by atoms with Crippen LogP contribution >= 0.6 is 0 Å². The van der Waals surface area contributed by atoms with Crippen molar-refractivity contribution in [3.05, 3.63) is 29.3 Å². The van der Waals surface area contributed by atoms with Crippen molar-refractivity contribution in [2.24, 2.45) is 0 Å². The number of urea groups is 1. The molecule has 0 atom stereocenters. The molecule has 22 heavy (non-hydrogen) atoms. The molecular weight excluding hydrogens is 278 g/mol. The third-order valence-corrected chi connectivity index (χ3v) is 3.45. The second-order valence-electron chi connectivity index (χ2n) is 5.67. The predicted molar refractivity (Wildman–Crippen MR) is 90.4 cm³/mol. The summed E-state index contributed by atoms with van der Waals surface area (Å²) in [4.78, 5) is 25.4. The van der Waals surface area contributed by atoms with E-state index in [4.69, 9.17) is 0 Å². The average molecular weight is 305 g/mol. The SMILES string of the molecule is CCCCCCNC(=O)Nc1cc(C(=O)N(C)C)ccc1C. The maximum atomic E-state index is 12.0. The van der Waals surface area contributed by atoms with Crippen LogP contribution in [0.3, 0.4) is 0 Å². The number of benzene rings is 1. The highest BCUT2D eigenvalue weighted by Crippen LogP contribution is 2.17. The minimum absolute atomic E-state index is 0.0805. The van der Waals surface area contributed by atoms with Crippen molar-refractivity contribution in [1.82, 2.24) is 10.2 Å². The van der Waals surface area contributed by atoms with E-state index in [9.17, 15) is 9.59 Å². The van der Waals surface area contributed by atoms with Crippen molar-refractivity contribution in [2.75, 3.05) is 26.0 Å². The van der Waals surface area contributed by atoms with Gasteiger partial charge in [0.25, 0.3) is 5.91 Å². The topological polar surface area (TPSA) is 61.4 Å². The Morgan fingerprint density at radius 3 is 2.50 bits per heavy atom. The van der Waals surface area contributed by atoms with Crippen molar-refractivity contribution in [3.8, 4) is 0 Å². The maximum absolute atomic E-state index is 12.0. The van der Waals surface area contributed by atoms with Gasteiger partial charge in [0.05, 0.1) is 0 Å². The third-order valence-electron chi connectivity index (χ3n) is 3.45. The summed E-state index contributed by atoms with van der Waals surface area (Å²) in [5.74, 6) is -0.0805. The molecule has 1 aromatic carbocycles. The first-order valence-electron chi connectivity index (χ1n) is 7.82. The van der Waals surface area contributed by atoms with Crippen LogP contribution in [-0.2, 0) is 0 Å². The van der Waals surface area contributed by atoms with Gasteiger partial charge in [-0.25, -0.2) is 4.79 Å². The first-order valence-corrected chi connectivity index (χ1v) is 7.82. The van der Waals surface area contributed by atoms with Crippen molar-refractivity contribution in [3.63, 3.8) is 0 Å². The van der Waals surface area contributed by atoms with Gasteiger partial charge in [-0.05, 0) is 31.0 Å². The van der Waals surface area contributed by atoms with Crippen LogP contribution in [-0.4, -0.2) is 37.5 Å². The lowest BCUT2D eigenvalue weighted by Crippen LogP contribution is -2.30. The van der Waals surface area contributed by atoms with Gasteiger partial charge in [-0.3, -0.25) is 4.79 Å². The number of hydrogen-bond donors (Lipinski definition) is 2. The Balaban J connectivity index is 2.59. The van der Waals surface area contributed by atoms with Crippen LogP contribution < -0.4 is 10.6 Å². The zero-order valence-electron chi connectivity index (χ0n) is 14.0. The van der Waals surface area contributed by atoms with Crippen molar-refractivity contribution in [1.29, 1.82) is 0 Å². The minimum atomic E-state index is -0.228. The summed E-state index contributed by atoms with van der Waals surface area (Å²) >= 11 is 0. The Labute approximate surface area is 133 Å². The van der Waals surface area contributed by atoms with Gasteiger partial charge in [0.1, 0.15) is 0 Å². The van der Waals surface area contributed by atoms with Gasteiger partial charge < -0.3 is 15.5 Å². The van der Waals surface area contributed by atoms with Crippen LogP contribution in [0.15, 0.2) is 18.2 Å². The molecule has 0 radical (unpaired) electrons. The quantitative estimate of drug-likeness (QED) is 0.758. The van der Waals surface area contributed by atoms with Crippen molar-refractivity contribution in [2.45, 2.75) is 39.5 Å². The zero-order valence-corrected chi connectivity index (χ0v) is 14.0. The van der Waals surface area contributed by atoms with E-state index >= 15 is 0 Å². The molecule has 3 amide bonds. The van der Waals surface area contributed by atoms with Gasteiger partial charge in [0.15, 0.2) is 0 Å². The van der Waals surface area contributed by atoms with Crippen molar-refractivity contribution >= 4 is 17.6 Å². The lowest BCUT2D eigenvalue weighted by molar-refractivity contribution is 0.0827. The Kier molecular flexibility index (Phi) is 7.43. The predicted octanol–water partition coefficient (Wildman–Crippen LogP) is 3.40. The van der Waals surface area contributed by atoms with Gasteiger partial charge in [-0.1, -0.05) is 32.3 Å². The molecule has 0 aliphatic rings. The highest BCUT2D eigenvalue weighted by molar-refractivity contribution is 5.97. The molecule has 0 saturated carbocycles. The lowest BCUT2D eigenvalue weighted by atomic mass is 10.1. The van der Waals surface area contributed by atoms with Crippen LogP contribution in [0.5, 0.6) is 0 Å². The average Bonchev–Trinajstić information content (AvgIpc) is 2.48. The van der Waals surface area contributed by atoms with Crippen LogP contribution in [0.4, 0.5) is 10.5 Å². The fraction of sp³-hybridized carbons (Fsp3) is 0.529. The zero-order chi connectivity index (χ0) is 16.5. The number of rotatable bonds is 7. The first kappa shape index (κ1) is 18.0. The van der Waals surface area contributed by atoms with Gasteiger partial charge in [0, 0.05) is 31.9 Å². The van der Waals surface area contributed by atoms with Crippen molar-refractivity contribution < 1.29 is 9.59 Å². The minimum Gasteiger partial charge on any atom is -0.345 e. The van der Waals surface area contributed by atoms with Crippen LogP contribution in [0.1, 0.15) is 48.5 Å². The number of carbonyl (C=O) groups excluding carboxylic acids is 2. The Morgan fingerprint density at radius 1 is 1.14 bits per heavy atom. The molecule has 0 aromatic heterocycles. The van der Waals surface area contributed by atoms with E-state index in [-0.39, 0.29) is 11.9 Å². The monoisotopic (exact) mass is 305 g/mol. The van der Waals surface area contributed by atoms with Crippen LogP contribution in [0.2, 0.25) is 0 Å². The van der Waals surface area contributed by atoms with Gasteiger partial charge in [-0.2, -0.15) is 0 Å². The second-order valence-corrected chi connectivity index (χ2v) is 5.67. The standard InChI is InChI=1S/C17H27N3O2/c1-5-6-7-8-11-18-17(22)19-15-12-14(10-9-13(15)2)16(21)20(3)4/h9-10,12H,5-8,11H2,1-4H3,(H2,18,19,22). The molecule has 0 unspecified atom stereocenters. The maximum Gasteiger partial charge on any atom is 0.319 e. The second kappa shape index (κ2) is 9.07. The number of nitrogens with zero attached hydrogens (tertiary/aromatic N) is 1. The molecule has 0 fully saturated rings. The van der Waals surface area contributed by atoms with Crippen LogP contribution in [0, 0.1) is 6.92 Å². The van der Waals surface area contributed by atoms with Crippen LogP contribution in [0.25, 0.3) is 0 Å². The number of amides is 3. The van der Waals surface area contributed by atoms with Gasteiger partial charge in [-0.15, -0.1) is 0 Å². The smallest absolute Gasteiger partial charge is 0.319 e. The summed E-state index contributed by atoms with van der Waals surface area (Å²) in [5, 5.41) is 5.66. The summed E-state index contributed by atoms with van der Waals surface area (Å²) in [6.07, 6.45) is 4.48. The van der Waals surface area contributed by atoms with E-state index < -0.39 is 0 Å². The molecular formula is C17H27N3O2. The molecule has 122 valence electrons. The highest BCUT2D eigenvalue weighted by Gasteiger charge is 2.11. The van der Waals surface area contributed by atoms with Gasteiger partial charge in [0.2, 0.25) is 0 Å². The highest BCUT2D eigenvalue weighted by atomic mass is 16.2. The summed E-state index contributed by atoms with van der Waals surface area (Å²) in [6, 6.07) is 5.10. The molecule has 5 heteroatoms. The first-order chi connectivity index (χ1) is 10.5. The Hall–Kier alpha value is -2.04. The molecule has 0 heterocycles. The Morgan fingerprint density at radius 2 is 1.86 bits per heavy atom. The number of anilines is 1. The van der Waals surface area contributed by atoms with E-state index in [1.54, 1.807) is 26.2 Å². The normalized spacial score (nSPS) is 10.2. The molecule has 2 N–H and O–H groups in total. The molecule has 1 aromatic rings. The molecule has 0 aliphatic carbocycles. The van der Waals surface area contributed by atoms with E-state index in [2.05, 4.69) is 17.6 Å². The molecule has 0 aliphatic heterocycles. The van der Waals surface area contributed by atoms with E-state index in [0.717, 1.165) is 18.4 Å².